The Balaban J connectivity index is 2.02. The van der Waals surface area contributed by atoms with Crippen LogP contribution < -0.4 is 5.32 Å². The minimum Gasteiger partial charge on any atom is -0.379 e. The molecule has 2 aliphatic rings. The third-order valence-electron chi connectivity index (χ3n) is 3.48. The van der Waals surface area contributed by atoms with Crippen molar-refractivity contribution in [3.05, 3.63) is 0 Å². The zero-order valence-corrected chi connectivity index (χ0v) is 10.9. The summed E-state index contributed by atoms with van der Waals surface area (Å²) in [6, 6.07) is -0.413. The van der Waals surface area contributed by atoms with Gasteiger partial charge in [-0.25, -0.2) is 0 Å². The molecule has 1 saturated carbocycles. The van der Waals surface area contributed by atoms with E-state index in [1.165, 1.54) is 0 Å². The molecule has 2 fully saturated rings. The number of rotatable bonds is 5. The Labute approximate surface area is 110 Å². The van der Waals surface area contributed by atoms with Crippen LogP contribution in [0.25, 0.3) is 0 Å². The molecule has 1 amide bonds. The van der Waals surface area contributed by atoms with Crippen molar-refractivity contribution in [2.45, 2.75) is 38.0 Å². The van der Waals surface area contributed by atoms with E-state index in [1.54, 1.807) is 0 Å². The molecule has 0 aromatic carbocycles. The van der Waals surface area contributed by atoms with E-state index in [-0.39, 0.29) is 18.7 Å². The number of likely N-dealkylation sites (N-methyl/N-ethyl adjacent to an activating group) is 1. The van der Waals surface area contributed by atoms with E-state index in [2.05, 4.69) is 5.32 Å². The maximum atomic E-state index is 12.5. The molecule has 19 heavy (non-hydrogen) atoms. The first kappa shape index (κ1) is 14.6. The molecular formula is C12H19F3N2O2. The fourth-order valence-electron chi connectivity index (χ4n) is 2.44. The number of hydrogen-bond acceptors (Lipinski definition) is 3. The van der Waals surface area contributed by atoms with E-state index in [1.807, 2.05) is 6.92 Å². The van der Waals surface area contributed by atoms with Gasteiger partial charge in [-0.15, -0.1) is 0 Å². The van der Waals surface area contributed by atoms with Gasteiger partial charge in [0.15, 0.2) is 0 Å². The molecule has 2 rings (SSSR count). The quantitative estimate of drug-likeness (QED) is 0.822. The average Bonchev–Trinajstić information content (AvgIpc) is 3.05. The maximum absolute atomic E-state index is 12.5. The van der Waals surface area contributed by atoms with Crippen molar-refractivity contribution in [3.63, 3.8) is 0 Å². The number of nitrogens with one attached hydrogen (secondary N) is 1. The van der Waals surface area contributed by atoms with Crippen molar-refractivity contribution in [1.82, 2.24) is 10.2 Å². The minimum absolute atomic E-state index is 0.174. The summed E-state index contributed by atoms with van der Waals surface area (Å²) in [5.41, 5.74) is 0. The van der Waals surface area contributed by atoms with Crippen LogP contribution in [0.2, 0.25) is 0 Å². The number of carbonyl (C=O) groups excluding carboxylic acids is 1. The largest absolute Gasteiger partial charge is 0.406 e. The first-order chi connectivity index (χ1) is 8.92. The van der Waals surface area contributed by atoms with Gasteiger partial charge < -0.3 is 15.0 Å². The first-order valence-electron chi connectivity index (χ1n) is 6.60. The van der Waals surface area contributed by atoms with Crippen molar-refractivity contribution in [2.24, 2.45) is 5.92 Å². The minimum atomic E-state index is -4.34. The smallest absolute Gasteiger partial charge is 0.379 e. The predicted octanol–water partition coefficient (Wildman–Crippen LogP) is 1.16. The number of amides is 1. The van der Waals surface area contributed by atoms with Gasteiger partial charge in [0.1, 0.15) is 6.54 Å². The molecule has 1 N–H and O–H groups in total. The van der Waals surface area contributed by atoms with E-state index < -0.39 is 24.5 Å². The van der Waals surface area contributed by atoms with Crippen LogP contribution in [0.1, 0.15) is 19.8 Å². The van der Waals surface area contributed by atoms with Crippen molar-refractivity contribution in [3.8, 4) is 0 Å². The van der Waals surface area contributed by atoms with Crippen LogP contribution in [-0.4, -0.2) is 55.4 Å². The van der Waals surface area contributed by atoms with Gasteiger partial charge in [0.05, 0.1) is 19.1 Å². The molecule has 1 aliphatic carbocycles. The number of ether oxygens (including phenoxy) is 1. The Bertz CT molecular complexity index is 331. The van der Waals surface area contributed by atoms with Gasteiger partial charge in [0.25, 0.3) is 0 Å². The lowest BCUT2D eigenvalue weighted by molar-refractivity contribution is -0.165. The van der Waals surface area contributed by atoms with E-state index in [0.29, 0.717) is 26.0 Å². The summed E-state index contributed by atoms with van der Waals surface area (Å²) in [5.74, 6) is -0.925. The SMILES string of the molecule is CCNC1COCC1C(=O)N(CC(F)(F)F)C1CC1. The Kier molecular flexibility index (Phi) is 4.35. The zero-order valence-electron chi connectivity index (χ0n) is 10.9. The van der Waals surface area contributed by atoms with Crippen molar-refractivity contribution in [2.75, 3.05) is 26.3 Å². The monoisotopic (exact) mass is 280 g/mol. The molecular weight excluding hydrogens is 261 g/mol. The van der Waals surface area contributed by atoms with E-state index in [9.17, 15) is 18.0 Å². The van der Waals surface area contributed by atoms with Gasteiger partial charge in [-0.3, -0.25) is 4.79 Å². The lowest BCUT2D eigenvalue weighted by Crippen LogP contribution is -2.49. The van der Waals surface area contributed by atoms with Crippen LogP contribution in [0.4, 0.5) is 13.2 Å². The molecule has 110 valence electrons. The highest BCUT2D eigenvalue weighted by Gasteiger charge is 2.45. The van der Waals surface area contributed by atoms with Gasteiger partial charge in [-0.05, 0) is 19.4 Å². The Morgan fingerprint density at radius 1 is 1.37 bits per heavy atom. The number of hydrogen-bond donors (Lipinski definition) is 1. The van der Waals surface area contributed by atoms with Gasteiger partial charge in [0.2, 0.25) is 5.91 Å². The second-order valence-corrected chi connectivity index (χ2v) is 5.12. The van der Waals surface area contributed by atoms with E-state index in [4.69, 9.17) is 4.74 Å². The molecule has 2 unspecified atom stereocenters. The molecule has 2 atom stereocenters. The molecule has 7 heteroatoms. The third kappa shape index (κ3) is 3.82. The molecule has 0 aromatic heterocycles. The van der Waals surface area contributed by atoms with Gasteiger partial charge in [0, 0.05) is 12.1 Å². The second kappa shape index (κ2) is 5.66. The molecule has 0 bridgehead atoms. The molecule has 4 nitrogen and oxygen atoms in total. The van der Waals surface area contributed by atoms with Gasteiger partial charge in [-0.2, -0.15) is 13.2 Å². The molecule has 0 spiro atoms. The Hall–Kier alpha value is -0.820. The summed E-state index contributed by atoms with van der Waals surface area (Å²) >= 11 is 0. The lowest BCUT2D eigenvalue weighted by Gasteiger charge is -2.28. The lowest BCUT2D eigenvalue weighted by atomic mass is 10.0. The first-order valence-corrected chi connectivity index (χ1v) is 6.60. The molecule has 1 heterocycles. The predicted molar refractivity (Wildman–Crippen MR) is 62.6 cm³/mol. The highest BCUT2D eigenvalue weighted by molar-refractivity contribution is 5.80. The fraction of sp³-hybridized carbons (Fsp3) is 0.917. The van der Waals surface area contributed by atoms with Crippen LogP contribution >= 0.6 is 0 Å². The molecule has 0 aromatic rings. The second-order valence-electron chi connectivity index (χ2n) is 5.12. The van der Waals surface area contributed by atoms with Crippen LogP contribution in [-0.2, 0) is 9.53 Å². The van der Waals surface area contributed by atoms with E-state index >= 15 is 0 Å². The van der Waals surface area contributed by atoms with Crippen LogP contribution in [0.15, 0.2) is 0 Å². The third-order valence-corrected chi connectivity index (χ3v) is 3.48. The highest BCUT2D eigenvalue weighted by atomic mass is 19.4. The summed E-state index contributed by atoms with van der Waals surface area (Å²) in [6.07, 6.45) is -3.01. The zero-order chi connectivity index (χ0) is 14.0. The molecule has 1 saturated heterocycles. The number of carbonyl (C=O) groups is 1. The topological polar surface area (TPSA) is 41.6 Å². The number of halogens is 3. The number of alkyl halides is 3. The van der Waals surface area contributed by atoms with Crippen molar-refractivity contribution in [1.29, 1.82) is 0 Å². The summed E-state index contributed by atoms with van der Waals surface area (Å²) < 4.78 is 42.9. The van der Waals surface area contributed by atoms with Crippen molar-refractivity contribution < 1.29 is 22.7 Å². The fourth-order valence-corrected chi connectivity index (χ4v) is 2.44. The highest BCUT2D eigenvalue weighted by Crippen LogP contribution is 2.32. The number of nitrogens with zero attached hydrogens (tertiary/aromatic N) is 1. The Morgan fingerprint density at radius 3 is 2.58 bits per heavy atom. The normalized spacial score (nSPS) is 27.6. The summed E-state index contributed by atoms with van der Waals surface area (Å²) in [6.45, 7) is 2.01. The van der Waals surface area contributed by atoms with E-state index in [0.717, 1.165) is 4.90 Å². The average molecular weight is 280 g/mol. The Morgan fingerprint density at radius 2 is 2.05 bits per heavy atom. The maximum Gasteiger partial charge on any atom is 0.406 e. The molecule has 1 aliphatic heterocycles. The van der Waals surface area contributed by atoms with Gasteiger partial charge in [-0.1, -0.05) is 6.92 Å². The summed E-state index contributed by atoms with van der Waals surface area (Å²) in [4.78, 5) is 13.3. The van der Waals surface area contributed by atoms with Gasteiger partial charge >= 0.3 is 6.18 Å². The summed E-state index contributed by atoms with van der Waals surface area (Å²) in [7, 11) is 0. The van der Waals surface area contributed by atoms with Crippen molar-refractivity contribution >= 4 is 5.91 Å². The molecule has 0 radical (unpaired) electrons. The van der Waals surface area contributed by atoms with Crippen LogP contribution in [0.5, 0.6) is 0 Å². The summed E-state index contributed by atoms with van der Waals surface area (Å²) in [5, 5.41) is 3.10. The van der Waals surface area contributed by atoms with Crippen LogP contribution in [0, 0.1) is 5.92 Å². The standard InChI is InChI=1S/C12H19F3N2O2/c1-2-16-10-6-19-5-9(10)11(18)17(8-3-4-8)7-12(13,14)15/h8-10,16H,2-7H2,1H3. The van der Waals surface area contributed by atoms with Crippen LogP contribution in [0.3, 0.4) is 0 Å².